The van der Waals surface area contributed by atoms with Gasteiger partial charge in [0.15, 0.2) is 11.5 Å². The van der Waals surface area contributed by atoms with Crippen molar-refractivity contribution in [1.82, 2.24) is 19.2 Å². The molecule has 5 rings (SSSR count). The van der Waals surface area contributed by atoms with Crippen LogP contribution in [0, 0.1) is 12.7 Å². The van der Waals surface area contributed by atoms with E-state index in [0.717, 1.165) is 16.5 Å². The Balaban J connectivity index is 1.77. The molecule has 0 aliphatic heterocycles. The van der Waals surface area contributed by atoms with Gasteiger partial charge in [-0.1, -0.05) is 60.2 Å². The number of para-hydroxylation sites is 1. The van der Waals surface area contributed by atoms with E-state index in [0.29, 0.717) is 22.6 Å². The van der Waals surface area contributed by atoms with Gasteiger partial charge in [-0.25, -0.2) is 14.2 Å². The minimum Gasteiger partial charge on any atom is -0.287 e. The van der Waals surface area contributed by atoms with Gasteiger partial charge in [0, 0.05) is 16.5 Å². The van der Waals surface area contributed by atoms with Crippen LogP contribution in [0.4, 0.5) is 4.39 Å². The average molecular weight is 384 g/mol. The molecule has 5 nitrogen and oxygen atoms in total. The number of hydrogen-bond donors (Lipinski definition) is 0. The molecular weight excluding hydrogens is 367 g/mol. The van der Waals surface area contributed by atoms with E-state index < -0.39 is 0 Å². The highest BCUT2D eigenvalue weighted by atomic mass is 19.1. The minimum atomic E-state index is -0.354. The van der Waals surface area contributed by atoms with Crippen LogP contribution in [-0.4, -0.2) is 19.2 Å². The zero-order valence-electron chi connectivity index (χ0n) is 15.7. The van der Waals surface area contributed by atoms with Gasteiger partial charge in [-0.2, -0.15) is 4.52 Å². The van der Waals surface area contributed by atoms with E-state index in [1.54, 1.807) is 18.2 Å². The Morgan fingerprint density at radius 1 is 0.931 bits per heavy atom. The highest BCUT2D eigenvalue weighted by molar-refractivity contribution is 5.91. The molecule has 0 amide bonds. The summed E-state index contributed by atoms with van der Waals surface area (Å²) in [6.45, 7) is 2.12. The lowest BCUT2D eigenvalue weighted by Crippen LogP contribution is -2.28. The van der Waals surface area contributed by atoms with Gasteiger partial charge in [-0.3, -0.25) is 4.57 Å². The molecule has 0 aliphatic rings. The van der Waals surface area contributed by atoms with Crippen LogP contribution in [0.15, 0.2) is 77.6 Å². The lowest BCUT2D eigenvalue weighted by molar-refractivity contribution is 0.594. The third-order valence-corrected chi connectivity index (χ3v) is 5.05. The van der Waals surface area contributed by atoms with E-state index in [4.69, 9.17) is 0 Å². The van der Waals surface area contributed by atoms with Gasteiger partial charge in [-0.05, 0) is 25.1 Å². The van der Waals surface area contributed by atoms with Gasteiger partial charge in [-0.15, -0.1) is 5.10 Å². The number of halogens is 1. The first-order chi connectivity index (χ1) is 14.1. The number of benzene rings is 3. The molecule has 29 heavy (non-hydrogen) atoms. The van der Waals surface area contributed by atoms with Gasteiger partial charge in [0.05, 0.1) is 12.1 Å². The molecule has 0 aliphatic carbocycles. The summed E-state index contributed by atoms with van der Waals surface area (Å²) in [7, 11) is 0. The first-order valence-corrected chi connectivity index (χ1v) is 9.30. The van der Waals surface area contributed by atoms with Crippen molar-refractivity contribution < 1.29 is 4.39 Å². The standard InChI is InChI=1S/C23H17FN4O/c1-15-10-12-16(13-11-15)21-25-22-18-7-3-5-9-20(18)27(23(29)28(22)26-21)14-17-6-2-4-8-19(17)24/h2-13H,14H2,1H3. The summed E-state index contributed by atoms with van der Waals surface area (Å²) < 4.78 is 17.1. The number of nitrogens with zero attached hydrogens (tertiary/aromatic N) is 4. The SMILES string of the molecule is Cc1ccc(-c2nc3c4ccccc4n(Cc4ccccc4F)c(=O)n3n2)cc1. The second-order valence-corrected chi connectivity index (χ2v) is 7.01. The third kappa shape index (κ3) is 2.89. The molecule has 3 aromatic carbocycles. The van der Waals surface area contributed by atoms with Crippen molar-refractivity contribution in [2.45, 2.75) is 13.5 Å². The fourth-order valence-electron chi connectivity index (χ4n) is 3.51. The number of hydrogen-bond acceptors (Lipinski definition) is 3. The molecule has 0 spiro atoms. The molecule has 5 aromatic rings. The Hall–Kier alpha value is -3.80. The number of aryl methyl sites for hydroxylation is 1. The third-order valence-electron chi connectivity index (χ3n) is 5.05. The summed E-state index contributed by atoms with van der Waals surface area (Å²) in [4.78, 5) is 17.9. The molecule has 0 radical (unpaired) electrons. The molecule has 2 aromatic heterocycles. The van der Waals surface area contributed by atoms with Crippen LogP contribution >= 0.6 is 0 Å². The van der Waals surface area contributed by atoms with E-state index in [9.17, 15) is 9.18 Å². The molecule has 0 saturated heterocycles. The fourth-order valence-corrected chi connectivity index (χ4v) is 3.51. The number of fused-ring (bicyclic) bond motifs is 3. The molecular formula is C23H17FN4O. The maximum atomic E-state index is 14.2. The highest BCUT2D eigenvalue weighted by Crippen LogP contribution is 2.22. The Kier molecular flexibility index (Phi) is 3.98. The lowest BCUT2D eigenvalue weighted by Gasteiger charge is -2.11. The molecule has 0 saturated carbocycles. The molecule has 0 fully saturated rings. The quantitative estimate of drug-likeness (QED) is 0.468. The summed E-state index contributed by atoms with van der Waals surface area (Å²) in [5, 5.41) is 5.25. The Morgan fingerprint density at radius 2 is 1.66 bits per heavy atom. The lowest BCUT2D eigenvalue weighted by atomic mass is 10.1. The molecule has 0 N–H and O–H groups in total. The van der Waals surface area contributed by atoms with E-state index >= 15 is 0 Å². The van der Waals surface area contributed by atoms with E-state index in [1.165, 1.54) is 15.1 Å². The van der Waals surface area contributed by atoms with Crippen molar-refractivity contribution in [2.24, 2.45) is 0 Å². The van der Waals surface area contributed by atoms with E-state index in [1.807, 2.05) is 55.5 Å². The van der Waals surface area contributed by atoms with Crippen LogP contribution in [0.25, 0.3) is 27.9 Å². The van der Waals surface area contributed by atoms with Crippen LogP contribution < -0.4 is 5.69 Å². The topological polar surface area (TPSA) is 52.2 Å². The smallest absolute Gasteiger partial charge is 0.287 e. The molecule has 6 heteroatoms. The summed E-state index contributed by atoms with van der Waals surface area (Å²) in [5.74, 6) is 0.137. The van der Waals surface area contributed by atoms with Gasteiger partial charge in [0.2, 0.25) is 0 Å². The monoisotopic (exact) mass is 384 g/mol. The largest absolute Gasteiger partial charge is 0.351 e. The Labute approximate surface area is 165 Å². The predicted molar refractivity (Wildman–Crippen MR) is 110 cm³/mol. The molecule has 142 valence electrons. The zero-order chi connectivity index (χ0) is 20.0. The van der Waals surface area contributed by atoms with E-state index in [2.05, 4.69) is 10.1 Å². The van der Waals surface area contributed by atoms with Crippen LogP contribution in [0.2, 0.25) is 0 Å². The van der Waals surface area contributed by atoms with Crippen molar-refractivity contribution in [3.63, 3.8) is 0 Å². The van der Waals surface area contributed by atoms with Crippen LogP contribution in [0.1, 0.15) is 11.1 Å². The first-order valence-electron chi connectivity index (χ1n) is 9.30. The number of rotatable bonds is 3. The summed E-state index contributed by atoms with van der Waals surface area (Å²) in [6.07, 6.45) is 0. The predicted octanol–water partition coefficient (Wildman–Crippen LogP) is 4.21. The second-order valence-electron chi connectivity index (χ2n) is 7.01. The number of aromatic nitrogens is 4. The maximum Gasteiger partial charge on any atom is 0.351 e. The van der Waals surface area contributed by atoms with Crippen LogP contribution in [0.3, 0.4) is 0 Å². The van der Waals surface area contributed by atoms with Gasteiger partial charge < -0.3 is 0 Å². The fraction of sp³-hybridized carbons (Fsp3) is 0.0870. The molecule has 0 atom stereocenters. The van der Waals surface area contributed by atoms with Crippen LogP contribution in [0.5, 0.6) is 0 Å². The maximum absolute atomic E-state index is 14.2. The van der Waals surface area contributed by atoms with Gasteiger partial charge >= 0.3 is 5.69 Å². The first kappa shape index (κ1) is 17.3. The van der Waals surface area contributed by atoms with Gasteiger partial charge in [0.25, 0.3) is 0 Å². The Bertz CT molecular complexity index is 1420. The minimum absolute atomic E-state index is 0.113. The highest BCUT2D eigenvalue weighted by Gasteiger charge is 2.16. The zero-order valence-corrected chi connectivity index (χ0v) is 15.7. The molecule has 0 bridgehead atoms. The average Bonchev–Trinajstić information content (AvgIpc) is 3.19. The van der Waals surface area contributed by atoms with Crippen molar-refractivity contribution in [2.75, 3.05) is 0 Å². The summed E-state index contributed by atoms with van der Waals surface area (Å²) >= 11 is 0. The van der Waals surface area contributed by atoms with Crippen LogP contribution in [-0.2, 0) is 6.54 Å². The normalized spacial score (nSPS) is 11.4. The molecule has 2 heterocycles. The second kappa shape index (κ2) is 6.67. The van der Waals surface area contributed by atoms with Crippen molar-refractivity contribution >= 4 is 16.6 Å². The summed E-state index contributed by atoms with van der Waals surface area (Å²) in [5.41, 5.74) is 3.24. The van der Waals surface area contributed by atoms with E-state index in [-0.39, 0.29) is 18.1 Å². The van der Waals surface area contributed by atoms with Crippen molar-refractivity contribution in [3.05, 3.63) is 100 Å². The summed E-state index contributed by atoms with van der Waals surface area (Å²) in [6, 6.07) is 21.8. The van der Waals surface area contributed by atoms with Crippen molar-refractivity contribution in [1.29, 1.82) is 0 Å². The molecule has 0 unspecified atom stereocenters. The Morgan fingerprint density at radius 3 is 2.45 bits per heavy atom. The van der Waals surface area contributed by atoms with Crippen molar-refractivity contribution in [3.8, 4) is 11.4 Å². The van der Waals surface area contributed by atoms with Gasteiger partial charge in [0.1, 0.15) is 5.82 Å².